The third-order valence-electron chi connectivity index (χ3n) is 2.86. The molecule has 2 rings (SSSR count). The predicted molar refractivity (Wildman–Crippen MR) is 75.0 cm³/mol. The van der Waals surface area contributed by atoms with Gasteiger partial charge >= 0.3 is 6.03 Å². The van der Waals surface area contributed by atoms with E-state index in [0.29, 0.717) is 5.69 Å². The van der Waals surface area contributed by atoms with E-state index in [1.807, 2.05) is 10.6 Å². The van der Waals surface area contributed by atoms with Crippen LogP contribution in [0.5, 0.6) is 0 Å². The molecule has 0 aromatic heterocycles. The molecule has 0 unspecified atom stereocenters. The Morgan fingerprint density at radius 2 is 1.73 bits per heavy atom. The number of benzene rings is 1. The number of hydrogen-bond acceptors (Lipinski definition) is 7. The number of hydrogen-bond donors (Lipinski definition) is 3. The highest BCUT2D eigenvalue weighted by atomic mass is 16.6. The first-order valence-electron chi connectivity index (χ1n) is 6.09. The van der Waals surface area contributed by atoms with Gasteiger partial charge in [0.05, 0.1) is 16.3 Å². The van der Waals surface area contributed by atoms with Gasteiger partial charge in [0, 0.05) is 12.1 Å². The number of carbonyl (C=O) groups is 3. The van der Waals surface area contributed by atoms with E-state index in [4.69, 9.17) is 0 Å². The van der Waals surface area contributed by atoms with Crippen molar-refractivity contribution in [2.24, 2.45) is 11.0 Å². The first-order valence-corrected chi connectivity index (χ1v) is 6.09. The summed E-state index contributed by atoms with van der Waals surface area (Å²) in [4.78, 5) is 44.2. The molecule has 10 heteroatoms. The second-order valence-electron chi connectivity index (χ2n) is 4.41. The van der Waals surface area contributed by atoms with Crippen LogP contribution in [0.4, 0.5) is 16.2 Å². The molecule has 10 nitrogen and oxygen atoms in total. The van der Waals surface area contributed by atoms with Gasteiger partial charge in [-0.25, -0.2) is 4.79 Å². The average Bonchev–Trinajstić information content (AvgIpc) is 2.44. The van der Waals surface area contributed by atoms with Crippen LogP contribution < -0.4 is 16.1 Å². The van der Waals surface area contributed by atoms with Crippen LogP contribution in [0.3, 0.4) is 0 Å². The lowest BCUT2D eigenvalue weighted by Crippen LogP contribution is -2.57. The lowest BCUT2D eigenvalue weighted by Gasteiger charge is -2.20. The highest BCUT2D eigenvalue weighted by Crippen LogP contribution is 2.15. The number of nitrogens with one attached hydrogen (secondary N) is 3. The van der Waals surface area contributed by atoms with Crippen molar-refractivity contribution in [2.45, 2.75) is 6.92 Å². The van der Waals surface area contributed by atoms with Crippen LogP contribution in [0.15, 0.2) is 29.4 Å². The van der Waals surface area contributed by atoms with Gasteiger partial charge in [0.2, 0.25) is 11.8 Å². The van der Waals surface area contributed by atoms with Crippen LogP contribution in [-0.2, 0) is 9.59 Å². The summed E-state index contributed by atoms with van der Waals surface area (Å²) >= 11 is 0. The Balaban J connectivity index is 2.09. The Morgan fingerprint density at radius 1 is 1.18 bits per heavy atom. The number of hydrazone groups is 1. The van der Waals surface area contributed by atoms with Gasteiger partial charge in [-0.1, -0.05) is 0 Å². The van der Waals surface area contributed by atoms with Crippen LogP contribution in [-0.4, -0.2) is 28.5 Å². The molecule has 4 amide bonds. The zero-order valence-corrected chi connectivity index (χ0v) is 11.3. The van der Waals surface area contributed by atoms with Crippen LogP contribution in [0.25, 0.3) is 0 Å². The molecule has 1 aromatic carbocycles. The fourth-order valence-corrected chi connectivity index (χ4v) is 1.77. The van der Waals surface area contributed by atoms with Crippen molar-refractivity contribution >= 4 is 34.9 Å². The fourth-order valence-electron chi connectivity index (χ4n) is 1.77. The quantitative estimate of drug-likeness (QED) is 0.317. The Bertz CT molecular complexity index is 662. The van der Waals surface area contributed by atoms with Gasteiger partial charge in [-0.15, -0.1) is 0 Å². The molecule has 1 aliphatic rings. The highest BCUT2D eigenvalue weighted by Gasteiger charge is 2.36. The van der Waals surface area contributed by atoms with Gasteiger partial charge in [-0.2, -0.15) is 5.10 Å². The molecule has 3 N–H and O–H groups in total. The summed E-state index contributed by atoms with van der Waals surface area (Å²) in [5, 5.41) is 18.3. The van der Waals surface area contributed by atoms with E-state index in [1.54, 1.807) is 0 Å². The standard InChI is InChI=1S/C12H11N5O5/c1-6(9-10(18)13-12(20)14-11(9)19)15-16-7-2-4-8(5-3-7)17(21)22/h2-5,9,16H,1H3,(H2,13,14,18,19,20)/b15-6+. The molecule has 1 heterocycles. The van der Waals surface area contributed by atoms with Crippen LogP contribution in [0.1, 0.15) is 6.92 Å². The highest BCUT2D eigenvalue weighted by molar-refractivity contribution is 6.27. The number of non-ortho nitro benzene ring substituents is 1. The topological polar surface area (TPSA) is 143 Å². The number of imide groups is 2. The average molecular weight is 305 g/mol. The second kappa shape index (κ2) is 5.99. The van der Waals surface area contributed by atoms with Crippen LogP contribution in [0, 0.1) is 16.0 Å². The van der Waals surface area contributed by atoms with E-state index in [-0.39, 0.29) is 11.4 Å². The number of nitro groups is 1. The van der Waals surface area contributed by atoms with E-state index >= 15 is 0 Å². The number of nitrogens with zero attached hydrogens (tertiary/aromatic N) is 2. The SMILES string of the molecule is C/C(=N\Nc1ccc([N+](=O)[O-])cc1)C1C(=O)NC(=O)NC1=O. The number of carbonyl (C=O) groups excluding carboxylic acids is 3. The first-order chi connectivity index (χ1) is 10.4. The van der Waals surface area contributed by atoms with Crippen molar-refractivity contribution in [3.05, 3.63) is 34.4 Å². The number of urea groups is 1. The van der Waals surface area contributed by atoms with E-state index < -0.39 is 28.7 Å². The minimum absolute atomic E-state index is 0.0733. The van der Waals surface area contributed by atoms with Crippen molar-refractivity contribution in [3.63, 3.8) is 0 Å². The van der Waals surface area contributed by atoms with Gasteiger partial charge < -0.3 is 0 Å². The Kier molecular flexibility index (Phi) is 4.11. The van der Waals surface area contributed by atoms with Gasteiger partial charge in [0.25, 0.3) is 5.69 Å². The maximum absolute atomic E-state index is 11.6. The zero-order valence-electron chi connectivity index (χ0n) is 11.3. The Morgan fingerprint density at radius 3 is 2.23 bits per heavy atom. The molecule has 1 aliphatic heterocycles. The van der Waals surface area contributed by atoms with Crippen molar-refractivity contribution in [1.82, 2.24) is 10.6 Å². The molecule has 1 fully saturated rings. The molecule has 0 aliphatic carbocycles. The first kappa shape index (κ1) is 15.1. The summed E-state index contributed by atoms with van der Waals surface area (Å²) in [6.07, 6.45) is 0. The molecular formula is C12H11N5O5. The maximum atomic E-state index is 11.6. The van der Waals surface area contributed by atoms with Gasteiger partial charge in [0.1, 0.15) is 0 Å². The smallest absolute Gasteiger partial charge is 0.279 e. The molecule has 0 bridgehead atoms. The lowest BCUT2D eigenvalue weighted by molar-refractivity contribution is -0.384. The van der Waals surface area contributed by atoms with E-state index in [0.717, 1.165) is 0 Å². The summed E-state index contributed by atoms with van der Waals surface area (Å²) in [5.41, 5.74) is 3.09. The zero-order chi connectivity index (χ0) is 16.3. The molecule has 0 radical (unpaired) electrons. The molecule has 114 valence electrons. The van der Waals surface area contributed by atoms with Crippen molar-refractivity contribution in [2.75, 3.05) is 5.43 Å². The number of barbiturate groups is 1. The van der Waals surface area contributed by atoms with Crippen molar-refractivity contribution in [1.29, 1.82) is 0 Å². The van der Waals surface area contributed by atoms with Gasteiger partial charge in [-0.3, -0.25) is 35.8 Å². The molecular weight excluding hydrogens is 294 g/mol. The van der Waals surface area contributed by atoms with E-state index in [2.05, 4.69) is 10.5 Å². The number of amides is 4. The third kappa shape index (κ3) is 3.23. The van der Waals surface area contributed by atoms with E-state index in [9.17, 15) is 24.5 Å². The number of anilines is 1. The molecule has 0 atom stereocenters. The van der Waals surface area contributed by atoms with Crippen molar-refractivity contribution < 1.29 is 19.3 Å². The normalized spacial score (nSPS) is 16.0. The van der Waals surface area contributed by atoms with Crippen LogP contribution in [0.2, 0.25) is 0 Å². The van der Waals surface area contributed by atoms with Crippen molar-refractivity contribution in [3.8, 4) is 0 Å². The predicted octanol–water partition coefficient (Wildman–Crippen LogP) is 0.365. The second-order valence-corrected chi connectivity index (χ2v) is 4.41. The van der Waals surface area contributed by atoms with Crippen LogP contribution >= 0.6 is 0 Å². The molecule has 22 heavy (non-hydrogen) atoms. The summed E-state index contributed by atoms with van der Waals surface area (Å²) in [7, 11) is 0. The maximum Gasteiger partial charge on any atom is 0.328 e. The summed E-state index contributed by atoms with van der Waals surface area (Å²) in [5.74, 6) is -2.75. The minimum atomic E-state index is -1.22. The Labute approximate surface area is 123 Å². The van der Waals surface area contributed by atoms with Gasteiger partial charge in [-0.05, 0) is 19.1 Å². The van der Waals surface area contributed by atoms with Gasteiger partial charge in [0.15, 0.2) is 5.92 Å². The van der Waals surface area contributed by atoms with E-state index in [1.165, 1.54) is 31.2 Å². The number of nitro benzene ring substituents is 1. The number of rotatable bonds is 4. The summed E-state index contributed by atoms with van der Waals surface area (Å²) < 4.78 is 0. The Hall–Kier alpha value is -3.30. The lowest BCUT2D eigenvalue weighted by atomic mass is 10.0. The molecule has 0 spiro atoms. The third-order valence-corrected chi connectivity index (χ3v) is 2.86. The monoisotopic (exact) mass is 305 g/mol. The largest absolute Gasteiger partial charge is 0.328 e. The molecule has 1 aromatic rings. The summed E-state index contributed by atoms with van der Waals surface area (Å²) in [6.45, 7) is 1.44. The molecule has 1 saturated heterocycles. The fraction of sp³-hybridized carbons (Fsp3) is 0.167. The summed E-state index contributed by atoms with van der Waals surface area (Å²) in [6, 6.07) is 4.55. The molecule has 0 saturated carbocycles. The minimum Gasteiger partial charge on any atom is -0.279 e.